The topological polar surface area (TPSA) is 54.5 Å². The van der Waals surface area contributed by atoms with E-state index in [9.17, 15) is 4.79 Å². The molecule has 1 aliphatic rings. The Balaban J connectivity index is 2.03. The third-order valence-electron chi connectivity index (χ3n) is 4.04. The van der Waals surface area contributed by atoms with Crippen LogP contribution < -0.4 is 5.32 Å². The average Bonchev–Trinajstić information content (AvgIpc) is 2.53. The van der Waals surface area contributed by atoms with E-state index in [2.05, 4.69) is 15.2 Å². The lowest BCUT2D eigenvalue weighted by molar-refractivity contribution is 0.0593. The number of rotatable bonds is 6. The average molecular weight is 291 g/mol. The van der Waals surface area contributed by atoms with E-state index < -0.39 is 0 Å². The molecule has 1 aliphatic heterocycles. The standard InChI is InChI=1S/C16H25N3O2/c1-17-10-9-14-7-3-4-11-19(14)12-13-6-5-8-15(18-13)16(20)21-2/h5-6,8,14,17H,3-4,7,9-12H2,1-2H3. The van der Waals surface area contributed by atoms with Crippen LogP contribution in [0.1, 0.15) is 41.9 Å². The Labute approximate surface area is 126 Å². The summed E-state index contributed by atoms with van der Waals surface area (Å²) in [4.78, 5) is 18.5. The van der Waals surface area contributed by atoms with Crippen LogP contribution in [-0.4, -0.2) is 49.1 Å². The minimum atomic E-state index is -0.373. The number of likely N-dealkylation sites (tertiary alicyclic amines) is 1. The molecule has 0 bridgehead atoms. The van der Waals surface area contributed by atoms with Gasteiger partial charge in [-0.1, -0.05) is 12.5 Å². The van der Waals surface area contributed by atoms with Gasteiger partial charge in [-0.05, 0) is 51.5 Å². The van der Waals surface area contributed by atoms with E-state index >= 15 is 0 Å². The lowest BCUT2D eigenvalue weighted by Crippen LogP contribution is -2.40. The maximum Gasteiger partial charge on any atom is 0.356 e. The van der Waals surface area contributed by atoms with Gasteiger partial charge in [0.25, 0.3) is 0 Å². The van der Waals surface area contributed by atoms with Gasteiger partial charge in [0.2, 0.25) is 0 Å². The molecule has 0 saturated carbocycles. The van der Waals surface area contributed by atoms with Crippen molar-refractivity contribution in [3.63, 3.8) is 0 Å². The fourth-order valence-electron chi connectivity index (χ4n) is 2.90. The summed E-state index contributed by atoms with van der Waals surface area (Å²) in [5.74, 6) is -0.373. The van der Waals surface area contributed by atoms with E-state index in [1.807, 2.05) is 19.2 Å². The van der Waals surface area contributed by atoms with E-state index in [0.29, 0.717) is 11.7 Å². The first kappa shape index (κ1) is 15.9. The lowest BCUT2D eigenvalue weighted by Gasteiger charge is -2.35. The molecule has 1 aromatic heterocycles. The summed E-state index contributed by atoms with van der Waals surface area (Å²) in [5, 5.41) is 3.23. The maximum absolute atomic E-state index is 11.6. The van der Waals surface area contributed by atoms with E-state index in [4.69, 9.17) is 4.74 Å². The van der Waals surface area contributed by atoms with Crippen LogP contribution in [0.3, 0.4) is 0 Å². The molecular formula is C16H25N3O2. The number of hydrogen-bond donors (Lipinski definition) is 1. The molecule has 1 fully saturated rings. The van der Waals surface area contributed by atoms with Crippen LogP contribution in [-0.2, 0) is 11.3 Å². The van der Waals surface area contributed by atoms with Gasteiger partial charge in [-0.2, -0.15) is 0 Å². The summed E-state index contributed by atoms with van der Waals surface area (Å²) in [5.41, 5.74) is 1.33. The predicted molar refractivity (Wildman–Crippen MR) is 82.2 cm³/mol. The minimum absolute atomic E-state index is 0.373. The molecule has 5 heteroatoms. The quantitative estimate of drug-likeness (QED) is 0.810. The van der Waals surface area contributed by atoms with Crippen molar-refractivity contribution in [2.24, 2.45) is 0 Å². The molecule has 0 amide bonds. The zero-order valence-electron chi connectivity index (χ0n) is 13.0. The number of esters is 1. The zero-order chi connectivity index (χ0) is 15.1. The number of carbonyl (C=O) groups excluding carboxylic acids is 1. The molecule has 1 saturated heterocycles. The normalized spacial score (nSPS) is 19.4. The van der Waals surface area contributed by atoms with Crippen molar-refractivity contribution in [2.75, 3.05) is 27.2 Å². The molecule has 1 atom stereocenters. The fraction of sp³-hybridized carbons (Fsp3) is 0.625. The highest BCUT2D eigenvalue weighted by Crippen LogP contribution is 2.21. The van der Waals surface area contributed by atoms with Crippen molar-refractivity contribution in [1.82, 2.24) is 15.2 Å². The first-order chi connectivity index (χ1) is 10.2. The molecular weight excluding hydrogens is 266 g/mol. The highest BCUT2D eigenvalue weighted by molar-refractivity contribution is 5.87. The van der Waals surface area contributed by atoms with E-state index in [0.717, 1.165) is 31.7 Å². The highest BCUT2D eigenvalue weighted by atomic mass is 16.5. The Hall–Kier alpha value is -1.46. The molecule has 2 heterocycles. The SMILES string of the molecule is CNCCC1CCCCN1Cc1cccc(C(=O)OC)n1. The molecule has 0 aromatic carbocycles. The molecule has 1 aromatic rings. The number of pyridine rings is 1. The van der Waals surface area contributed by atoms with Crippen molar-refractivity contribution >= 4 is 5.97 Å². The second-order valence-electron chi connectivity index (χ2n) is 5.52. The van der Waals surface area contributed by atoms with Crippen LogP contribution in [0.15, 0.2) is 18.2 Å². The highest BCUT2D eigenvalue weighted by Gasteiger charge is 2.22. The van der Waals surface area contributed by atoms with Gasteiger partial charge in [-0.15, -0.1) is 0 Å². The van der Waals surface area contributed by atoms with Crippen LogP contribution >= 0.6 is 0 Å². The first-order valence-electron chi connectivity index (χ1n) is 7.67. The van der Waals surface area contributed by atoms with Crippen LogP contribution in [0.5, 0.6) is 0 Å². The maximum atomic E-state index is 11.6. The molecule has 116 valence electrons. The number of carbonyl (C=O) groups is 1. The summed E-state index contributed by atoms with van der Waals surface area (Å²) in [7, 11) is 3.38. The third-order valence-corrected chi connectivity index (χ3v) is 4.04. The van der Waals surface area contributed by atoms with Crippen LogP contribution in [0.2, 0.25) is 0 Å². The van der Waals surface area contributed by atoms with E-state index in [1.54, 1.807) is 6.07 Å². The lowest BCUT2D eigenvalue weighted by atomic mass is 9.99. The Bertz CT molecular complexity index is 465. The third kappa shape index (κ3) is 4.51. The van der Waals surface area contributed by atoms with Gasteiger partial charge in [0.1, 0.15) is 5.69 Å². The van der Waals surface area contributed by atoms with Gasteiger partial charge in [0, 0.05) is 12.6 Å². The Morgan fingerprint density at radius 3 is 3.10 bits per heavy atom. The number of nitrogens with one attached hydrogen (secondary N) is 1. The largest absolute Gasteiger partial charge is 0.464 e. The molecule has 21 heavy (non-hydrogen) atoms. The Morgan fingerprint density at radius 1 is 1.48 bits per heavy atom. The smallest absolute Gasteiger partial charge is 0.356 e. The van der Waals surface area contributed by atoms with Gasteiger partial charge < -0.3 is 10.1 Å². The van der Waals surface area contributed by atoms with Crippen molar-refractivity contribution in [2.45, 2.75) is 38.3 Å². The summed E-state index contributed by atoms with van der Waals surface area (Å²) < 4.78 is 4.73. The van der Waals surface area contributed by atoms with Crippen molar-refractivity contribution in [3.05, 3.63) is 29.6 Å². The fourth-order valence-corrected chi connectivity index (χ4v) is 2.90. The van der Waals surface area contributed by atoms with Gasteiger partial charge in [0.05, 0.1) is 12.8 Å². The monoisotopic (exact) mass is 291 g/mol. The molecule has 0 spiro atoms. The summed E-state index contributed by atoms with van der Waals surface area (Å²) in [6.07, 6.45) is 4.96. The molecule has 0 radical (unpaired) electrons. The number of piperidine rings is 1. The summed E-state index contributed by atoms with van der Waals surface area (Å²) >= 11 is 0. The molecule has 1 N–H and O–H groups in total. The molecule has 5 nitrogen and oxygen atoms in total. The zero-order valence-corrected chi connectivity index (χ0v) is 13.0. The van der Waals surface area contributed by atoms with Crippen LogP contribution in [0.25, 0.3) is 0 Å². The Morgan fingerprint density at radius 2 is 2.33 bits per heavy atom. The summed E-state index contributed by atoms with van der Waals surface area (Å²) in [6, 6.07) is 6.16. The van der Waals surface area contributed by atoms with Crippen LogP contribution in [0, 0.1) is 0 Å². The van der Waals surface area contributed by atoms with E-state index in [-0.39, 0.29) is 5.97 Å². The second-order valence-corrected chi connectivity index (χ2v) is 5.52. The molecule has 0 aliphatic carbocycles. The van der Waals surface area contributed by atoms with Crippen molar-refractivity contribution in [1.29, 1.82) is 0 Å². The number of methoxy groups -OCH3 is 1. The van der Waals surface area contributed by atoms with Gasteiger partial charge in [-0.3, -0.25) is 4.90 Å². The molecule has 2 rings (SSSR count). The number of nitrogens with zero attached hydrogens (tertiary/aromatic N) is 2. The van der Waals surface area contributed by atoms with Crippen LogP contribution in [0.4, 0.5) is 0 Å². The van der Waals surface area contributed by atoms with Gasteiger partial charge in [-0.25, -0.2) is 9.78 Å². The predicted octanol–water partition coefficient (Wildman–Crippen LogP) is 1.83. The van der Waals surface area contributed by atoms with Crippen molar-refractivity contribution in [3.8, 4) is 0 Å². The van der Waals surface area contributed by atoms with Gasteiger partial charge in [0.15, 0.2) is 0 Å². The first-order valence-corrected chi connectivity index (χ1v) is 7.67. The number of aromatic nitrogens is 1. The number of ether oxygens (including phenoxy) is 1. The van der Waals surface area contributed by atoms with E-state index in [1.165, 1.54) is 26.4 Å². The second kappa shape index (κ2) is 8.10. The minimum Gasteiger partial charge on any atom is -0.464 e. The Kier molecular flexibility index (Phi) is 6.14. The van der Waals surface area contributed by atoms with Gasteiger partial charge >= 0.3 is 5.97 Å². The molecule has 1 unspecified atom stereocenters. The summed E-state index contributed by atoms with van der Waals surface area (Å²) in [6.45, 7) is 2.95. The number of hydrogen-bond acceptors (Lipinski definition) is 5. The van der Waals surface area contributed by atoms with Crippen molar-refractivity contribution < 1.29 is 9.53 Å².